The van der Waals surface area contributed by atoms with Crippen molar-refractivity contribution in [1.29, 1.82) is 0 Å². The first-order valence-corrected chi connectivity index (χ1v) is 10.9. The van der Waals surface area contributed by atoms with Crippen LogP contribution < -0.4 is 15.2 Å². The fraction of sp³-hybridized carbons (Fsp3) is 0.478. The standard InChI is InChI=1S/C23H29N5O3/c1-3-12-31-13-11-28-20-14-18(17-7-8-21(30-2)25-15-17)24-16-19(20)26-22(23(28)29)27-9-5-4-6-10-27/h7-8,14-16H,3-6,9-13H2,1-2H3. The molecule has 1 saturated heterocycles. The van der Waals surface area contributed by atoms with E-state index in [1.54, 1.807) is 30.1 Å². The Labute approximate surface area is 181 Å². The van der Waals surface area contributed by atoms with Crippen molar-refractivity contribution < 1.29 is 9.47 Å². The number of methoxy groups -OCH3 is 1. The van der Waals surface area contributed by atoms with Crippen molar-refractivity contribution in [2.75, 3.05) is 38.3 Å². The van der Waals surface area contributed by atoms with Crippen LogP contribution in [0.1, 0.15) is 32.6 Å². The number of hydrogen-bond donors (Lipinski definition) is 0. The molecular formula is C23H29N5O3. The van der Waals surface area contributed by atoms with Crippen LogP contribution in [0.5, 0.6) is 5.88 Å². The summed E-state index contributed by atoms with van der Waals surface area (Å²) >= 11 is 0. The molecule has 0 bridgehead atoms. The lowest BCUT2D eigenvalue weighted by Crippen LogP contribution is -2.37. The second kappa shape index (κ2) is 9.87. The highest BCUT2D eigenvalue weighted by Crippen LogP contribution is 2.23. The summed E-state index contributed by atoms with van der Waals surface area (Å²) in [5.74, 6) is 1.06. The van der Waals surface area contributed by atoms with Crippen LogP contribution in [-0.2, 0) is 11.3 Å². The SMILES string of the molecule is CCCOCCn1c(=O)c(N2CCCCC2)nc2cnc(-c3ccc(OC)nc3)cc21. The molecule has 1 fully saturated rings. The van der Waals surface area contributed by atoms with Gasteiger partial charge in [0.15, 0.2) is 5.82 Å². The molecule has 0 aromatic carbocycles. The predicted molar refractivity (Wildman–Crippen MR) is 121 cm³/mol. The van der Waals surface area contributed by atoms with E-state index in [9.17, 15) is 4.79 Å². The van der Waals surface area contributed by atoms with Gasteiger partial charge in [0.1, 0.15) is 5.52 Å². The van der Waals surface area contributed by atoms with Crippen LogP contribution in [0.4, 0.5) is 5.82 Å². The molecule has 8 nitrogen and oxygen atoms in total. The third-order valence-corrected chi connectivity index (χ3v) is 5.52. The maximum atomic E-state index is 13.4. The van der Waals surface area contributed by atoms with E-state index in [0.29, 0.717) is 37.0 Å². The molecule has 1 aliphatic heterocycles. The number of rotatable bonds is 8. The average Bonchev–Trinajstić information content (AvgIpc) is 2.83. The molecule has 3 aromatic rings. The Hall–Kier alpha value is -3.00. The fourth-order valence-electron chi connectivity index (χ4n) is 3.88. The summed E-state index contributed by atoms with van der Waals surface area (Å²) in [7, 11) is 1.58. The molecule has 3 aromatic heterocycles. The molecule has 4 rings (SSSR count). The molecule has 0 radical (unpaired) electrons. The summed E-state index contributed by atoms with van der Waals surface area (Å²) < 4.78 is 12.6. The highest BCUT2D eigenvalue weighted by molar-refractivity contribution is 5.80. The Kier molecular flexibility index (Phi) is 6.76. The number of nitrogens with zero attached hydrogens (tertiary/aromatic N) is 5. The van der Waals surface area contributed by atoms with Crippen LogP contribution in [0.3, 0.4) is 0 Å². The highest BCUT2D eigenvalue weighted by atomic mass is 16.5. The number of fused-ring (bicyclic) bond motifs is 1. The molecule has 0 unspecified atom stereocenters. The van der Waals surface area contributed by atoms with E-state index >= 15 is 0 Å². The van der Waals surface area contributed by atoms with Gasteiger partial charge in [-0.25, -0.2) is 9.97 Å². The van der Waals surface area contributed by atoms with Crippen molar-refractivity contribution in [2.45, 2.75) is 39.2 Å². The molecule has 4 heterocycles. The third-order valence-electron chi connectivity index (χ3n) is 5.52. The van der Waals surface area contributed by atoms with Crippen molar-refractivity contribution in [3.63, 3.8) is 0 Å². The Morgan fingerprint density at radius 2 is 1.90 bits per heavy atom. The molecule has 0 amide bonds. The Balaban J connectivity index is 1.77. The molecule has 8 heteroatoms. The molecule has 0 spiro atoms. The molecule has 0 atom stereocenters. The van der Waals surface area contributed by atoms with E-state index < -0.39 is 0 Å². The number of piperidine rings is 1. The highest BCUT2D eigenvalue weighted by Gasteiger charge is 2.19. The normalized spacial score (nSPS) is 14.2. The van der Waals surface area contributed by atoms with Crippen molar-refractivity contribution in [1.82, 2.24) is 19.5 Å². The Morgan fingerprint density at radius 1 is 1.06 bits per heavy atom. The minimum Gasteiger partial charge on any atom is -0.481 e. The summed E-state index contributed by atoms with van der Waals surface area (Å²) in [5, 5.41) is 0. The van der Waals surface area contributed by atoms with Gasteiger partial charge in [-0.1, -0.05) is 6.92 Å². The van der Waals surface area contributed by atoms with Gasteiger partial charge in [-0.2, -0.15) is 0 Å². The maximum absolute atomic E-state index is 13.4. The quantitative estimate of drug-likeness (QED) is 0.514. The van der Waals surface area contributed by atoms with Crippen LogP contribution in [0.2, 0.25) is 0 Å². The van der Waals surface area contributed by atoms with Crippen LogP contribution in [0, 0.1) is 0 Å². The summed E-state index contributed by atoms with van der Waals surface area (Å²) in [6, 6.07) is 5.61. The van der Waals surface area contributed by atoms with Crippen LogP contribution in [0.25, 0.3) is 22.3 Å². The number of pyridine rings is 2. The topological polar surface area (TPSA) is 82.4 Å². The zero-order valence-electron chi connectivity index (χ0n) is 18.2. The molecule has 0 N–H and O–H groups in total. The number of ether oxygens (including phenoxy) is 2. The first-order chi connectivity index (χ1) is 15.2. The molecule has 31 heavy (non-hydrogen) atoms. The average molecular weight is 424 g/mol. The van der Waals surface area contributed by atoms with Gasteiger partial charge in [0.25, 0.3) is 5.56 Å². The Bertz CT molecular complexity index is 1080. The van der Waals surface area contributed by atoms with Crippen LogP contribution in [0.15, 0.2) is 35.4 Å². The van der Waals surface area contributed by atoms with Gasteiger partial charge in [-0.15, -0.1) is 0 Å². The second-order valence-corrected chi connectivity index (χ2v) is 7.70. The lowest BCUT2D eigenvalue weighted by atomic mass is 10.1. The van der Waals surface area contributed by atoms with E-state index in [2.05, 4.69) is 21.8 Å². The molecule has 0 aliphatic carbocycles. The van der Waals surface area contributed by atoms with Gasteiger partial charge >= 0.3 is 0 Å². The van der Waals surface area contributed by atoms with Crippen molar-refractivity contribution in [3.8, 4) is 17.1 Å². The second-order valence-electron chi connectivity index (χ2n) is 7.70. The van der Waals surface area contributed by atoms with Gasteiger partial charge in [0, 0.05) is 44.1 Å². The molecular weight excluding hydrogens is 394 g/mol. The van der Waals surface area contributed by atoms with Gasteiger partial charge in [0.2, 0.25) is 5.88 Å². The van der Waals surface area contributed by atoms with Crippen molar-refractivity contribution in [3.05, 3.63) is 40.9 Å². The Morgan fingerprint density at radius 3 is 2.61 bits per heavy atom. The van der Waals surface area contributed by atoms with Gasteiger partial charge < -0.3 is 18.9 Å². The third kappa shape index (κ3) is 4.69. The molecule has 164 valence electrons. The van der Waals surface area contributed by atoms with E-state index in [-0.39, 0.29) is 5.56 Å². The van der Waals surface area contributed by atoms with Crippen molar-refractivity contribution >= 4 is 16.9 Å². The fourth-order valence-corrected chi connectivity index (χ4v) is 3.88. The first-order valence-electron chi connectivity index (χ1n) is 10.9. The summed E-state index contributed by atoms with van der Waals surface area (Å²) in [4.78, 5) is 29.1. The minimum atomic E-state index is -0.0699. The lowest BCUT2D eigenvalue weighted by molar-refractivity contribution is 0.127. The first kappa shape index (κ1) is 21.2. The van der Waals surface area contributed by atoms with Gasteiger partial charge in [-0.3, -0.25) is 9.78 Å². The zero-order valence-corrected chi connectivity index (χ0v) is 18.2. The molecule has 1 aliphatic rings. The van der Waals surface area contributed by atoms with E-state index in [1.165, 1.54) is 6.42 Å². The smallest absolute Gasteiger partial charge is 0.294 e. The number of aromatic nitrogens is 4. The van der Waals surface area contributed by atoms with Crippen LogP contribution >= 0.6 is 0 Å². The van der Waals surface area contributed by atoms with E-state index in [0.717, 1.165) is 49.1 Å². The number of anilines is 1. The summed E-state index contributed by atoms with van der Waals surface area (Å²) in [6.45, 7) is 5.44. The van der Waals surface area contributed by atoms with Gasteiger partial charge in [-0.05, 0) is 37.8 Å². The minimum absolute atomic E-state index is 0.0699. The largest absolute Gasteiger partial charge is 0.481 e. The number of hydrogen-bond acceptors (Lipinski definition) is 7. The maximum Gasteiger partial charge on any atom is 0.294 e. The monoisotopic (exact) mass is 423 g/mol. The summed E-state index contributed by atoms with van der Waals surface area (Å²) in [6.07, 6.45) is 7.77. The predicted octanol–water partition coefficient (Wildman–Crippen LogP) is 3.28. The summed E-state index contributed by atoms with van der Waals surface area (Å²) in [5.41, 5.74) is 2.98. The lowest BCUT2D eigenvalue weighted by Gasteiger charge is -2.28. The van der Waals surface area contributed by atoms with E-state index in [1.807, 2.05) is 12.1 Å². The van der Waals surface area contributed by atoms with Crippen LogP contribution in [-0.4, -0.2) is 52.9 Å². The molecule has 0 saturated carbocycles. The zero-order chi connectivity index (χ0) is 21.6. The van der Waals surface area contributed by atoms with E-state index in [4.69, 9.17) is 14.5 Å². The van der Waals surface area contributed by atoms with Crippen molar-refractivity contribution in [2.24, 2.45) is 0 Å². The van der Waals surface area contributed by atoms with Gasteiger partial charge in [0.05, 0.1) is 31.1 Å².